The van der Waals surface area contributed by atoms with Crippen molar-refractivity contribution >= 4 is 0 Å². The Balaban J connectivity index is 1.99. The molecule has 0 bridgehead atoms. The van der Waals surface area contributed by atoms with Crippen LogP contribution in [0.5, 0.6) is 0 Å². The Kier molecular flexibility index (Phi) is 2.53. The second kappa shape index (κ2) is 3.91. The maximum absolute atomic E-state index is 2.48. The summed E-state index contributed by atoms with van der Waals surface area (Å²) in [5.41, 5.74) is 4.88. The van der Waals surface area contributed by atoms with E-state index in [0.29, 0.717) is 5.92 Å². The molecule has 0 spiro atoms. The van der Waals surface area contributed by atoms with Crippen LogP contribution in [-0.4, -0.2) is 0 Å². The predicted molar refractivity (Wildman–Crippen MR) is 68.9 cm³/mol. The van der Waals surface area contributed by atoms with Crippen molar-refractivity contribution in [3.63, 3.8) is 0 Å². The molecule has 16 heavy (non-hydrogen) atoms. The van der Waals surface area contributed by atoms with E-state index in [2.05, 4.69) is 32.0 Å². The van der Waals surface area contributed by atoms with Gasteiger partial charge in [0.2, 0.25) is 0 Å². The van der Waals surface area contributed by atoms with Crippen LogP contribution in [0.4, 0.5) is 0 Å². The van der Waals surface area contributed by atoms with Gasteiger partial charge >= 0.3 is 0 Å². The lowest BCUT2D eigenvalue weighted by Gasteiger charge is -2.29. The standard InChI is InChI=1S/C16H22/c1-11(2)13-8-9-16-14(10-13)7-6-12-4-3-5-15(12)16/h8-12,15H,3-7H2,1-2H3/t12-,15?/m1/s1. The highest BCUT2D eigenvalue weighted by Gasteiger charge is 2.33. The van der Waals surface area contributed by atoms with Crippen molar-refractivity contribution in [2.75, 3.05) is 0 Å². The molecule has 0 N–H and O–H groups in total. The van der Waals surface area contributed by atoms with Gasteiger partial charge in [-0.3, -0.25) is 0 Å². The molecule has 0 heteroatoms. The Morgan fingerprint density at radius 3 is 2.81 bits per heavy atom. The molecule has 2 atom stereocenters. The molecule has 1 aromatic rings. The highest BCUT2D eigenvalue weighted by atomic mass is 14.4. The van der Waals surface area contributed by atoms with Crippen LogP contribution in [0, 0.1) is 5.92 Å². The Hall–Kier alpha value is -0.780. The minimum Gasteiger partial charge on any atom is -0.0587 e. The summed E-state index contributed by atoms with van der Waals surface area (Å²) >= 11 is 0. The lowest BCUT2D eigenvalue weighted by atomic mass is 9.76. The van der Waals surface area contributed by atoms with Crippen LogP contribution in [0.25, 0.3) is 0 Å². The minimum atomic E-state index is 0.673. The molecular weight excluding hydrogens is 192 g/mol. The molecule has 2 aliphatic rings. The Bertz CT molecular complexity index is 389. The predicted octanol–water partition coefficient (Wildman–Crippen LogP) is 4.64. The van der Waals surface area contributed by atoms with Gasteiger partial charge in [0.15, 0.2) is 0 Å². The average molecular weight is 214 g/mol. The summed E-state index contributed by atoms with van der Waals surface area (Å²) in [5.74, 6) is 2.59. The van der Waals surface area contributed by atoms with Crippen molar-refractivity contribution in [3.8, 4) is 0 Å². The zero-order valence-corrected chi connectivity index (χ0v) is 10.5. The summed E-state index contributed by atoms with van der Waals surface area (Å²) in [6, 6.07) is 7.28. The van der Waals surface area contributed by atoms with Crippen LogP contribution in [0.1, 0.15) is 68.1 Å². The second-order valence-electron chi connectivity index (χ2n) is 5.95. The molecule has 0 saturated heterocycles. The molecule has 1 fully saturated rings. The van der Waals surface area contributed by atoms with E-state index in [1.807, 2.05) is 0 Å². The van der Waals surface area contributed by atoms with E-state index in [1.165, 1.54) is 37.7 Å². The summed E-state index contributed by atoms with van der Waals surface area (Å²) in [6.45, 7) is 4.59. The van der Waals surface area contributed by atoms with E-state index in [1.54, 1.807) is 11.1 Å². The van der Waals surface area contributed by atoms with Crippen LogP contribution >= 0.6 is 0 Å². The van der Waals surface area contributed by atoms with E-state index in [-0.39, 0.29) is 0 Å². The lowest BCUT2D eigenvalue weighted by molar-refractivity contribution is 0.423. The van der Waals surface area contributed by atoms with Crippen LogP contribution in [0.3, 0.4) is 0 Å². The molecule has 0 aliphatic heterocycles. The smallest absolute Gasteiger partial charge is 0.0131 e. The maximum atomic E-state index is 2.48. The number of benzene rings is 1. The number of rotatable bonds is 1. The quantitative estimate of drug-likeness (QED) is 0.639. The van der Waals surface area contributed by atoms with Crippen molar-refractivity contribution < 1.29 is 0 Å². The Morgan fingerprint density at radius 1 is 1.12 bits per heavy atom. The molecule has 1 unspecified atom stereocenters. The van der Waals surface area contributed by atoms with Gasteiger partial charge in [0.1, 0.15) is 0 Å². The third kappa shape index (κ3) is 1.59. The van der Waals surface area contributed by atoms with E-state index in [0.717, 1.165) is 11.8 Å². The zero-order valence-electron chi connectivity index (χ0n) is 10.5. The van der Waals surface area contributed by atoms with Gasteiger partial charge < -0.3 is 0 Å². The Morgan fingerprint density at radius 2 is 2.00 bits per heavy atom. The second-order valence-corrected chi connectivity index (χ2v) is 5.95. The highest BCUT2D eigenvalue weighted by molar-refractivity contribution is 5.38. The molecule has 1 saturated carbocycles. The molecule has 1 aromatic carbocycles. The minimum absolute atomic E-state index is 0.673. The van der Waals surface area contributed by atoms with Crippen LogP contribution in [-0.2, 0) is 6.42 Å². The van der Waals surface area contributed by atoms with Gasteiger partial charge in [0, 0.05) is 0 Å². The van der Waals surface area contributed by atoms with E-state index < -0.39 is 0 Å². The van der Waals surface area contributed by atoms with Crippen LogP contribution < -0.4 is 0 Å². The maximum Gasteiger partial charge on any atom is -0.0131 e. The molecule has 0 radical (unpaired) electrons. The fourth-order valence-corrected chi connectivity index (χ4v) is 3.70. The summed E-state index contributed by atoms with van der Waals surface area (Å²) < 4.78 is 0. The first-order chi connectivity index (χ1) is 7.75. The van der Waals surface area contributed by atoms with Crippen molar-refractivity contribution in [2.24, 2.45) is 5.92 Å². The molecule has 2 aliphatic carbocycles. The number of aryl methyl sites for hydroxylation is 1. The summed E-state index contributed by atoms with van der Waals surface area (Å²) in [7, 11) is 0. The first kappa shape index (κ1) is 10.4. The monoisotopic (exact) mass is 214 g/mol. The van der Waals surface area contributed by atoms with Crippen molar-refractivity contribution in [3.05, 3.63) is 34.9 Å². The third-order valence-corrected chi connectivity index (χ3v) is 4.68. The fraction of sp³-hybridized carbons (Fsp3) is 0.625. The van der Waals surface area contributed by atoms with E-state index in [9.17, 15) is 0 Å². The van der Waals surface area contributed by atoms with Crippen molar-refractivity contribution in [1.82, 2.24) is 0 Å². The largest absolute Gasteiger partial charge is 0.0587 e. The highest BCUT2D eigenvalue weighted by Crippen LogP contribution is 2.46. The normalized spacial score (nSPS) is 27.9. The first-order valence-electron chi connectivity index (χ1n) is 6.88. The van der Waals surface area contributed by atoms with Gasteiger partial charge in [-0.25, -0.2) is 0 Å². The zero-order chi connectivity index (χ0) is 11.1. The average Bonchev–Trinajstić information content (AvgIpc) is 2.76. The molecule has 0 heterocycles. The molecular formula is C16H22. The summed E-state index contributed by atoms with van der Waals surface area (Å²) in [4.78, 5) is 0. The van der Waals surface area contributed by atoms with E-state index >= 15 is 0 Å². The van der Waals surface area contributed by atoms with Gasteiger partial charge in [0.25, 0.3) is 0 Å². The van der Waals surface area contributed by atoms with Crippen molar-refractivity contribution in [1.29, 1.82) is 0 Å². The molecule has 3 rings (SSSR count). The van der Waals surface area contributed by atoms with Gasteiger partial charge in [-0.2, -0.15) is 0 Å². The number of hydrogen-bond acceptors (Lipinski definition) is 0. The SMILES string of the molecule is CC(C)c1ccc2c(c1)CC[C@H]1CCCC21. The summed E-state index contributed by atoms with van der Waals surface area (Å²) in [5, 5.41) is 0. The van der Waals surface area contributed by atoms with Gasteiger partial charge in [-0.05, 0) is 60.1 Å². The van der Waals surface area contributed by atoms with E-state index in [4.69, 9.17) is 0 Å². The topological polar surface area (TPSA) is 0 Å². The third-order valence-electron chi connectivity index (χ3n) is 4.68. The Labute approximate surface area is 99.1 Å². The van der Waals surface area contributed by atoms with Crippen LogP contribution in [0.15, 0.2) is 18.2 Å². The summed E-state index contributed by atoms with van der Waals surface area (Å²) in [6.07, 6.45) is 7.16. The molecule has 86 valence electrons. The molecule has 0 amide bonds. The van der Waals surface area contributed by atoms with Gasteiger partial charge in [-0.1, -0.05) is 38.5 Å². The fourth-order valence-electron chi connectivity index (χ4n) is 3.70. The van der Waals surface area contributed by atoms with Crippen molar-refractivity contribution in [2.45, 2.75) is 57.8 Å². The van der Waals surface area contributed by atoms with Gasteiger partial charge in [-0.15, -0.1) is 0 Å². The molecule has 0 nitrogen and oxygen atoms in total. The number of hydrogen-bond donors (Lipinski definition) is 0. The van der Waals surface area contributed by atoms with Crippen LogP contribution in [0.2, 0.25) is 0 Å². The first-order valence-corrected chi connectivity index (χ1v) is 6.88. The lowest BCUT2D eigenvalue weighted by Crippen LogP contribution is -2.16. The number of fused-ring (bicyclic) bond motifs is 3. The van der Waals surface area contributed by atoms with Gasteiger partial charge in [0.05, 0.1) is 0 Å². The molecule has 0 aromatic heterocycles.